The van der Waals surface area contributed by atoms with E-state index >= 15 is 0 Å². The fourth-order valence-corrected chi connectivity index (χ4v) is 3.45. The summed E-state index contributed by atoms with van der Waals surface area (Å²) in [5, 5.41) is 9.69. The van der Waals surface area contributed by atoms with E-state index < -0.39 is 11.4 Å². The van der Waals surface area contributed by atoms with E-state index in [2.05, 4.69) is 6.58 Å². The molecule has 0 radical (unpaired) electrons. The van der Waals surface area contributed by atoms with Gasteiger partial charge in [-0.1, -0.05) is 6.08 Å². The quantitative estimate of drug-likeness (QED) is 0.750. The Morgan fingerprint density at radius 1 is 1.23 bits per heavy atom. The molecule has 1 aromatic rings. The highest BCUT2D eigenvalue weighted by Gasteiger charge is 2.43. The van der Waals surface area contributed by atoms with Gasteiger partial charge in [0, 0.05) is 13.1 Å². The Hall–Kier alpha value is -2.70. The van der Waals surface area contributed by atoms with Crippen LogP contribution >= 0.6 is 0 Å². The Labute approximate surface area is 153 Å². The normalized spacial score (nSPS) is 19.6. The summed E-state index contributed by atoms with van der Waals surface area (Å²) in [6, 6.07) is 3.24. The van der Waals surface area contributed by atoms with Crippen LogP contribution in [0.2, 0.25) is 0 Å². The van der Waals surface area contributed by atoms with E-state index in [4.69, 9.17) is 14.2 Å². The number of carbonyl (C=O) groups is 2. The molecule has 142 valence electrons. The number of methoxy groups -OCH3 is 3. The Kier molecular flexibility index (Phi) is 6.13. The zero-order valence-corrected chi connectivity index (χ0v) is 15.4. The van der Waals surface area contributed by atoms with Crippen molar-refractivity contribution in [3.8, 4) is 17.2 Å². The molecule has 1 aromatic carbocycles. The van der Waals surface area contributed by atoms with Gasteiger partial charge in [0.15, 0.2) is 11.5 Å². The molecule has 1 heterocycles. The fourth-order valence-electron chi connectivity index (χ4n) is 3.45. The second kappa shape index (κ2) is 8.12. The summed E-state index contributed by atoms with van der Waals surface area (Å²) in [5.74, 6) is -0.155. The lowest BCUT2D eigenvalue weighted by Crippen LogP contribution is -2.49. The molecule has 1 N–H and O–H groups in total. The Morgan fingerprint density at radius 2 is 1.92 bits per heavy atom. The van der Waals surface area contributed by atoms with Gasteiger partial charge in [-0.2, -0.15) is 0 Å². The largest absolute Gasteiger partial charge is 0.493 e. The maximum atomic E-state index is 13.1. The van der Waals surface area contributed by atoms with Crippen molar-refractivity contribution in [2.24, 2.45) is 5.41 Å². The molecule has 0 aromatic heterocycles. The number of aliphatic carboxylic acids is 1. The molecule has 1 aliphatic rings. The maximum absolute atomic E-state index is 13.1. The summed E-state index contributed by atoms with van der Waals surface area (Å²) in [6.45, 7) is 4.28. The van der Waals surface area contributed by atoms with Gasteiger partial charge in [0.2, 0.25) is 5.75 Å². The number of piperidine rings is 1. The number of allylic oxidation sites excluding steroid dienone is 1. The third kappa shape index (κ3) is 3.47. The highest BCUT2D eigenvalue weighted by molar-refractivity contribution is 5.98. The number of hydrogen-bond acceptors (Lipinski definition) is 5. The van der Waals surface area contributed by atoms with E-state index in [1.807, 2.05) is 0 Å². The van der Waals surface area contributed by atoms with Gasteiger partial charge in [0.05, 0.1) is 32.3 Å². The van der Waals surface area contributed by atoms with Gasteiger partial charge in [0.1, 0.15) is 0 Å². The van der Waals surface area contributed by atoms with Crippen LogP contribution in [0.25, 0.3) is 0 Å². The van der Waals surface area contributed by atoms with Crippen molar-refractivity contribution in [1.29, 1.82) is 0 Å². The smallest absolute Gasteiger partial charge is 0.311 e. The molecule has 0 aliphatic carbocycles. The second-order valence-corrected chi connectivity index (χ2v) is 6.29. The van der Waals surface area contributed by atoms with Crippen LogP contribution in [0.15, 0.2) is 24.8 Å². The molecule has 1 aliphatic heterocycles. The molecule has 2 rings (SSSR count). The first-order valence-corrected chi connectivity index (χ1v) is 8.36. The predicted molar refractivity (Wildman–Crippen MR) is 96.1 cm³/mol. The Morgan fingerprint density at radius 3 is 2.46 bits per heavy atom. The average molecular weight is 363 g/mol. The number of carbonyl (C=O) groups excluding carboxylic acids is 1. The molecule has 7 heteroatoms. The first kappa shape index (κ1) is 19.6. The van der Waals surface area contributed by atoms with E-state index in [9.17, 15) is 14.7 Å². The number of rotatable bonds is 7. The van der Waals surface area contributed by atoms with Crippen LogP contribution in [0.5, 0.6) is 17.2 Å². The van der Waals surface area contributed by atoms with Crippen LogP contribution in [-0.2, 0) is 4.79 Å². The maximum Gasteiger partial charge on any atom is 0.311 e. The molecule has 7 nitrogen and oxygen atoms in total. The van der Waals surface area contributed by atoms with Gasteiger partial charge in [-0.25, -0.2) is 0 Å². The number of carboxylic acid groups (broad SMARTS) is 1. The van der Waals surface area contributed by atoms with Gasteiger partial charge in [-0.3, -0.25) is 9.59 Å². The second-order valence-electron chi connectivity index (χ2n) is 6.29. The minimum Gasteiger partial charge on any atom is -0.493 e. The molecule has 1 atom stereocenters. The molecular weight excluding hydrogens is 338 g/mol. The first-order chi connectivity index (χ1) is 12.4. The third-order valence-electron chi connectivity index (χ3n) is 4.79. The highest BCUT2D eigenvalue weighted by atomic mass is 16.5. The van der Waals surface area contributed by atoms with Crippen LogP contribution in [0.4, 0.5) is 0 Å². The molecule has 0 spiro atoms. The average Bonchev–Trinajstić information content (AvgIpc) is 2.66. The topological polar surface area (TPSA) is 85.3 Å². The molecule has 0 unspecified atom stereocenters. The van der Waals surface area contributed by atoms with E-state index in [0.29, 0.717) is 42.9 Å². The molecule has 0 saturated carbocycles. The van der Waals surface area contributed by atoms with Crippen molar-refractivity contribution in [2.75, 3.05) is 34.4 Å². The van der Waals surface area contributed by atoms with E-state index in [1.54, 1.807) is 23.1 Å². The number of hydrogen-bond donors (Lipinski definition) is 1. The molecule has 0 bridgehead atoms. The number of benzene rings is 1. The van der Waals surface area contributed by atoms with Gasteiger partial charge >= 0.3 is 5.97 Å². The van der Waals surface area contributed by atoms with Crippen molar-refractivity contribution >= 4 is 11.9 Å². The molecular formula is C19H25NO6. The van der Waals surface area contributed by atoms with E-state index in [1.165, 1.54) is 21.3 Å². The van der Waals surface area contributed by atoms with Gasteiger partial charge in [0.25, 0.3) is 5.91 Å². The third-order valence-corrected chi connectivity index (χ3v) is 4.79. The molecule has 1 fully saturated rings. The zero-order valence-electron chi connectivity index (χ0n) is 15.4. The summed E-state index contributed by atoms with van der Waals surface area (Å²) in [7, 11) is 4.42. The molecule has 1 saturated heterocycles. The van der Waals surface area contributed by atoms with Crippen molar-refractivity contribution in [1.82, 2.24) is 4.90 Å². The number of nitrogens with zero attached hydrogens (tertiary/aromatic N) is 1. The molecule has 26 heavy (non-hydrogen) atoms. The summed E-state index contributed by atoms with van der Waals surface area (Å²) in [4.78, 5) is 26.5. The number of likely N-dealkylation sites (tertiary alicyclic amines) is 1. The molecule has 1 amide bonds. The Bertz CT molecular complexity index is 702. The number of amides is 1. The lowest BCUT2D eigenvalue weighted by atomic mass is 9.77. The van der Waals surface area contributed by atoms with E-state index in [-0.39, 0.29) is 18.2 Å². The Balaban J connectivity index is 2.39. The van der Waals surface area contributed by atoms with Crippen LogP contribution in [-0.4, -0.2) is 56.3 Å². The van der Waals surface area contributed by atoms with Crippen molar-refractivity contribution in [3.63, 3.8) is 0 Å². The number of ether oxygens (including phenoxy) is 3. The minimum atomic E-state index is -1.00. The van der Waals surface area contributed by atoms with Gasteiger partial charge in [-0.15, -0.1) is 6.58 Å². The van der Waals surface area contributed by atoms with Crippen LogP contribution in [0.3, 0.4) is 0 Å². The predicted octanol–water partition coefficient (Wildman–Crippen LogP) is 2.60. The summed E-state index contributed by atoms with van der Waals surface area (Å²) in [5.41, 5.74) is -0.690. The minimum absolute atomic E-state index is 0.130. The van der Waals surface area contributed by atoms with E-state index in [0.717, 1.165) is 0 Å². The summed E-state index contributed by atoms with van der Waals surface area (Å²) in [6.07, 6.45) is 3.04. The summed E-state index contributed by atoms with van der Waals surface area (Å²) < 4.78 is 15.9. The van der Waals surface area contributed by atoms with Gasteiger partial charge < -0.3 is 24.2 Å². The fraction of sp³-hybridized carbons (Fsp3) is 0.474. The van der Waals surface area contributed by atoms with Gasteiger partial charge in [-0.05, 0) is 31.4 Å². The first-order valence-electron chi connectivity index (χ1n) is 8.36. The lowest BCUT2D eigenvalue weighted by Gasteiger charge is -2.39. The van der Waals surface area contributed by atoms with Crippen LogP contribution in [0.1, 0.15) is 29.6 Å². The SMILES string of the molecule is C=CC[C@@]1(C(=O)O)CCCN(C(=O)c2ccc(OC)c(OC)c2OC)C1. The number of carboxylic acids is 1. The van der Waals surface area contributed by atoms with Crippen molar-refractivity contribution in [3.05, 3.63) is 30.4 Å². The lowest BCUT2D eigenvalue weighted by molar-refractivity contribution is -0.151. The highest BCUT2D eigenvalue weighted by Crippen LogP contribution is 2.41. The monoisotopic (exact) mass is 363 g/mol. The standard InChI is InChI=1S/C19H25NO6/c1-5-9-19(18(22)23)10-6-11-20(12-19)17(21)13-7-8-14(24-2)16(26-4)15(13)25-3/h5,7-8H,1,6,9-12H2,2-4H3,(H,22,23)/t19-/m1/s1. The van der Waals surface area contributed by atoms with Crippen LogP contribution in [0, 0.1) is 5.41 Å². The van der Waals surface area contributed by atoms with Crippen molar-refractivity contribution in [2.45, 2.75) is 19.3 Å². The van der Waals surface area contributed by atoms with Crippen molar-refractivity contribution < 1.29 is 28.9 Å². The summed E-state index contributed by atoms with van der Waals surface area (Å²) >= 11 is 0. The van der Waals surface area contributed by atoms with Crippen LogP contribution < -0.4 is 14.2 Å². The zero-order chi connectivity index (χ0) is 19.3.